The predicted octanol–water partition coefficient (Wildman–Crippen LogP) is 2.35. The molecule has 4 nitrogen and oxygen atoms in total. The van der Waals surface area contributed by atoms with E-state index in [-0.39, 0.29) is 6.61 Å². The lowest BCUT2D eigenvalue weighted by Crippen LogP contribution is -2.20. The first-order chi connectivity index (χ1) is 8.45. The van der Waals surface area contributed by atoms with Crippen molar-refractivity contribution in [2.45, 2.75) is 20.3 Å². The van der Waals surface area contributed by atoms with Gasteiger partial charge in [0, 0.05) is 10.6 Å². The Labute approximate surface area is 110 Å². The Morgan fingerprint density at radius 3 is 2.50 bits per heavy atom. The minimum atomic E-state index is -0.975. The molecule has 1 rings (SSSR count). The van der Waals surface area contributed by atoms with Gasteiger partial charge in [-0.1, -0.05) is 11.6 Å². The third-order valence-electron chi connectivity index (χ3n) is 2.30. The number of ether oxygens (including phenoxy) is 1. The van der Waals surface area contributed by atoms with E-state index in [1.165, 1.54) is 6.07 Å². The summed E-state index contributed by atoms with van der Waals surface area (Å²) < 4.78 is 4.52. The average Bonchev–Trinajstić information content (AvgIpc) is 2.32. The molecule has 0 saturated carbocycles. The number of ketones is 2. The highest BCUT2D eigenvalue weighted by atomic mass is 35.5. The number of hydrogen-bond donors (Lipinski definition) is 0. The number of Topliss-reactive ketones (excluding diaryl/α,β-unsaturated/α-hetero) is 2. The van der Waals surface area contributed by atoms with E-state index in [0.717, 1.165) is 5.56 Å². The van der Waals surface area contributed by atoms with Gasteiger partial charge < -0.3 is 4.74 Å². The van der Waals surface area contributed by atoms with Crippen LogP contribution in [0, 0.1) is 6.92 Å². The SMILES string of the molecule is CCOC(=O)C(=O)CC(=O)c1ccc(Cl)c(C)c1. The molecule has 0 fully saturated rings. The highest BCUT2D eigenvalue weighted by molar-refractivity contribution is 6.38. The molecule has 0 heterocycles. The lowest BCUT2D eigenvalue weighted by Gasteiger charge is -2.03. The number of rotatable bonds is 5. The smallest absolute Gasteiger partial charge is 0.375 e. The summed E-state index contributed by atoms with van der Waals surface area (Å²) >= 11 is 5.83. The molecule has 0 amide bonds. The van der Waals surface area contributed by atoms with Crippen LogP contribution in [0.15, 0.2) is 18.2 Å². The Morgan fingerprint density at radius 2 is 1.94 bits per heavy atom. The van der Waals surface area contributed by atoms with E-state index in [4.69, 9.17) is 11.6 Å². The van der Waals surface area contributed by atoms with Crippen LogP contribution in [0.25, 0.3) is 0 Å². The Kier molecular flexibility index (Phi) is 5.04. The summed E-state index contributed by atoms with van der Waals surface area (Å²) in [6.07, 6.45) is -0.486. The maximum atomic E-state index is 11.8. The van der Waals surface area contributed by atoms with Crippen LogP contribution in [-0.4, -0.2) is 24.1 Å². The largest absolute Gasteiger partial charge is 0.460 e. The maximum absolute atomic E-state index is 11.8. The number of benzene rings is 1. The molecule has 0 aliphatic carbocycles. The Bertz CT molecular complexity index is 494. The van der Waals surface area contributed by atoms with Crippen molar-refractivity contribution in [2.24, 2.45) is 0 Å². The number of carbonyl (C=O) groups is 3. The maximum Gasteiger partial charge on any atom is 0.375 e. The van der Waals surface area contributed by atoms with Crippen molar-refractivity contribution < 1.29 is 19.1 Å². The van der Waals surface area contributed by atoms with E-state index in [2.05, 4.69) is 4.74 Å². The quantitative estimate of drug-likeness (QED) is 0.356. The highest BCUT2D eigenvalue weighted by Crippen LogP contribution is 2.17. The molecule has 1 aromatic rings. The summed E-state index contributed by atoms with van der Waals surface area (Å²) in [5, 5.41) is 0.545. The van der Waals surface area contributed by atoms with Crippen LogP contribution in [0.3, 0.4) is 0 Å². The van der Waals surface area contributed by atoms with Crippen molar-refractivity contribution in [3.05, 3.63) is 34.3 Å². The second-order valence-electron chi connectivity index (χ2n) is 3.71. The van der Waals surface area contributed by atoms with Crippen molar-refractivity contribution in [2.75, 3.05) is 6.61 Å². The van der Waals surface area contributed by atoms with E-state index in [9.17, 15) is 14.4 Å². The molecule has 0 N–H and O–H groups in total. The van der Waals surface area contributed by atoms with Crippen molar-refractivity contribution in [1.82, 2.24) is 0 Å². The molecule has 96 valence electrons. The molecule has 0 spiro atoms. The van der Waals surface area contributed by atoms with Crippen LogP contribution in [0.2, 0.25) is 5.02 Å². The topological polar surface area (TPSA) is 60.4 Å². The number of hydrogen-bond acceptors (Lipinski definition) is 4. The zero-order valence-electron chi connectivity index (χ0n) is 10.2. The fourth-order valence-electron chi connectivity index (χ4n) is 1.35. The molecule has 0 aliphatic rings. The van der Waals surface area contributed by atoms with Crippen molar-refractivity contribution >= 4 is 29.1 Å². The molecular formula is C13H13ClO4. The van der Waals surface area contributed by atoms with Crippen LogP contribution >= 0.6 is 11.6 Å². The fourth-order valence-corrected chi connectivity index (χ4v) is 1.47. The third-order valence-corrected chi connectivity index (χ3v) is 2.73. The van der Waals surface area contributed by atoms with Crippen LogP contribution in [0.5, 0.6) is 0 Å². The van der Waals surface area contributed by atoms with Gasteiger partial charge in [-0.05, 0) is 37.6 Å². The number of aryl methyl sites for hydroxylation is 1. The predicted molar refractivity (Wildman–Crippen MR) is 66.8 cm³/mol. The lowest BCUT2D eigenvalue weighted by molar-refractivity contribution is -0.153. The molecule has 0 aliphatic heterocycles. The molecule has 0 aromatic heterocycles. The molecule has 0 atom stereocenters. The fraction of sp³-hybridized carbons (Fsp3) is 0.308. The van der Waals surface area contributed by atoms with Gasteiger partial charge in [0.2, 0.25) is 5.78 Å². The number of halogens is 1. The minimum Gasteiger partial charge on any atom is -0.460 e. The molecular weight excluding hydrogens is 256 g/mol. The van der Waals surface area contributed by atoms with E-state index < -0.39 is 24.0 Å². The van der Waals surface area contributed by atoms with Crippen molar-refractivity contribution in [3.8, 4) is 0 Å². The zero-order chi connectivity index (χ0) is 13.7. The van der Waals surface area contributed by atoms with Gasteiger partial charge in [-0.15, -0.1) is 0 Å². The first-order valence-electron chi connectivity index (χ1n) is 5.45. The monoisotopic (exact) mass is 268 g/mol. The van der Waals surface area contributed by atoms with Gasteiger partial charge in [-0.2, -0.15) is 0 Å². The summed E-state index contributed by atoms with van der Waals surface area (Å²) in [6, 6.07) is 4.69. The average molecular weight is 269 g/mol. The van der Waals surface area contributed by atoms with E-state index in [1.807, 2.05) is 0 Å². The first kappa shape index (κ1) is 14.4. The van der Waals surface area contributed by atoms with Gasteiger partial charge in [-0.3, -0.25) is 9.59 Å². The van der Waals surface area contributed by atoms with E-state index in [0.29, 0.717) is 10.6 Å². The molecule has 18 heavy (non-hydrogen) atoms. The zero-order valence-corrected chi connectivity index (χ0v) is 10.9. The van der Waals surface area contributed by atoms with Crippen LogP contribution in [-0.2, 0) is 14.3 Å². The van der Waals surface area contributed by atoms with Crippen molar-refractivity contribution in [1.29, 1.82) is 0 Å². The molecule has 0 unspecified atom stereocenters. The second kappa shape index (κ2) is 6.31. The number of esters is 1. The molecule has 5 heteroatoms. The van der Waals surface area contributed by atoms with Gasteiger partial charge in [0.1, 0.15) is 0 Å². The number of carbonyl (C=O) groups excluding carboxylic acids is 3. The minimum absolute atomic E-state index is 0.110. The van der Waals surface area contributed by atoms with Crippen molar-refractivity contribution in [3.63, 3.8) is 0 Å². The van der Waals surface area contributed by atoms with Crippen LogP contribution in [0.1, 0.15) is 29.3 Å². The molecule has 0 bridgehead atoms. The summed E-state index contributed by atoms with van der Waals surface area (Å²) in [5.41, 5.74) is 1.10. The van der Waals surface area contributed by atoms with E-state index >= 15 is 0 Å². The highest BCUT2D eigenvalue weighted by Gasteiger charge is 2.20. The standard InChI is InChI=1S/C13H13ClO4/c1-3-18-13(17)12(16)7-11(15)9-4-5-10(14)8(2)6-9/h4-6H,3,7H2,1-2H3. The Morgan fingerprint density at radius 1 is 1.28 bits per heavy atom. The first-order valence-corrected chi connectivity index (χ1v) is 5.82. The molecule has 1 aromatic carbocycles. The molecule has 0 saturated heterocycles. The van der Waals surface area contributed by atoms with Crippen LogP contribution in [0.4, 0.5) is 0 Å². The molecule has 0 radical (unpaired) electrons. The van der Waals surface area contributed by atoms with Gasteiger partial charge >= 0.3 is 5.97 Å². The van der Waals surface area contributed by atoms with Gasteiger partial charge in [-0.25, -0.2) is 4.79 Å². The van der Waals surface area contributed by atoms with E-state index in [1.54, 1.807) is 26.0 Å². The Balaban J connectivity index is 2.73. The normalized spacial score (nSPS) is 9.94. The Hall–Kier alpha value is -1.68. The lowest BCUT2D eigenvalue weighted by atomic mass is 10.0. The summed E-state index contributed by atoms with van der Waals surface area (Å²) in [6.45, 7) is 3.46. The third kappa shape index (κ3) is 3.67. The summed E-state index contributed by atoms with van der Waals surface area (Å²) in [5.74, 6) is -2.24. The van der Waals surface area contributed by atoms with Gasteiger partial charge in [0.15, 0.2) is 5.78 Å². The van der Waals surface area contributed by atoms with Gasteiger partial charge in [0.25, 0.3) is 0 Å². The van der Waals surface area contributed by atoms with Gasteiger partial charge in [0.05, 0.1) is 13.0 Å². The summed E-state index contributed by atoms with van der Waals surface area (Å²) in [4.78, 5) is 34.2. The van der Waals surface area contributed by atoms with Crippen LogP contribution < -0.4 is 0 Å². The second-order valence-corrected chi connectivity index (χ2v) is 4.11. The summed E-state index contributed by atoms with van der Waals surface area (Å²) in [7, 11) is 0.